The molecule has 1 aromatic carbocycles. The zero-order valence-corrected chi connectivity index (χ0v) is 14.8. The van der Waals surface area contributed by atoms with E-state index in [9.17, 15) is 20.7 Å². The molecule has 1 N–H and O–H groups in total. The van der Waals surface area contributed by atoms with Gasteiger partial charge in [-0.15, -0.1) is 3.89 Å². The minimum atomic E-state index is -4.59. The van der Waals surface area contributed by atoms with Crippen molar-refractivity contribution in [3.8, 4) is 5.75 Å². The van der Waals surface area contributed by atoms with Crippen molar-refractivity contribution in [3.05, 3.63) is 24.3 Å². The highest BCUT2D eigenvalue weighted by atomic mass is 32.3. The quantitative estimate of drug-likeness (QED) is 0.506. The summed E-state index contributed by atoms with van der Waals surface area (Å²) in [7, 11) is -6.79. The van der Waals surface area contributed by atoms with Gasteiger partial charge in [-0.25, -0.2) is 13.1 Å². The van der Waals surface area contributed by atoms with Crippen LogP contribution < -0.4 is 9.46 Å². The minimum absolute atomic E-state index is 0.0457. The van der Waals surface area contributed by atoms with Crippen molar-refractivity contribution in [2.45, 2.75) is 42.8 Å². The number of ether oxygens (including phenoxy) is 1. The molecule has 0 saturated carbocycles. The van der Waals surface area contributed by atoms with E-state index in [4.69, 9.17) is 4.74 Å². The number of halogens is 1. The summed E-state index contributed by atoms with van der Waals surface area (Å²) in [5.74, 6) is 0.541. The first-order valence-corrected chi connectivity index (χ1v) is 10.2. The van der Waals surface area contributed by atoms with E-state index >= 15 is 0 Å². The number of nitrogens with one attached hydrogen (secondary N) is 1. The van der Waals surface area contributed by atoms with Crippen LogP contribution in [0.4, 0.5) is 3.89 Å². The first-order chi connectivity index (χ1) is 10.7. The van der Waals surface area contributed by atoms with E-state index in [1.807, 2.05) is 0 Å². The summed E-state index contributed by atoms with van der Waals surface area (Å²) in [5.41, 5.74) is 0. The average Bonchev–Trinajstić information content (AvgIpc) is 2.49. The first kappa shape index (κ1) is 19.9. The molecule has 1 aromatic rings. The Morgan fingerprint density at radius 1 is 1.13 bits per heavy atom. The predicted octanol–water partition coefficient (Wildman–Crippen LogP) is 2.22. The molecule has 0 aliphatic carbocycles. The fraction of sp³-hybridized carbons (Fsp3) is 0.571. The number of hydrogen-bond donors (Lipinski definition) is 1. The second kappa shape index (κ2) is 8.60. The van der Waals surface area contributed by atoms with Crippen LogP contribution in [0.2, 0.25) is 0 Å². The van der Waals surface area contributed by atoms with Gasteiger partial charge in [0, 0.05) is 6.54 Å². The third-order valence-corrected chi connectivity index (χ3v) is 6.12. The van der Waals surface area contributed by atoms with Crippen LogP contribution in [-0.4, -0.2) is 35.7 Å². The lowest BCUT2D eigenvalue weighted by Gasteiger charge is -2.12. The maximum atomic E-state index is 13.1. The molecule has 0 aliphatic heterocycles. The maximum Gasteiger partial charge on any atom is 0.305 e. The van der Waals surface area contributed by atoms with Crippen molar-refractivity contribution >= 4 is 20.2 Å². The first-order valence-electron chi connectivity index (χ1n) is 7.28. The molecule has 0 amide bonds. The Balaban J connectivity index is 2.56. The third kappa shape index (κ3) is 6.44. The van der Waals surface area contributed by atoms with Crippen LogP contribution in [0, 0.1) is 0 Å². The second-order valence-electron chi connectivity index (χ2n) is 5.10. The van der Waals surface area contributed by atoms with Crippen LogP contribution in [-0.2, 0) is 20.2 Å². The van der Waals surface area contributed by atoms with Crippen LogP contribution >= 0.6 is 0 Å². The largest absolute Gasteiger partial charge is 0.497 e. The van der Waals surface area contributed by atoms with E-state index in [0.29, 0.717) is 12.2 Å². The lowest BCUT2D eigenvalue weighted by molar-refractivity contribution is 0.414. The standard InChI is InChI=1S/C14H22FNO5S2/c1-3-5-13(22(15,17)18)6-4-11-16-23(19,20)14-9-7-12(21-2)8-10-14/h7-10,13,16H,3-6,11H2,1-2H3. The third-order valence-electron chi connectivity index (χ3n) is 3.37. The molecule has 132 valence electrons. The van der Waals surface area contributed by atoms with Crippen molar-refractivity contribution in [2.24, 2.45) is 0 Å². The van der Waals surface area contributed by atoms with Gasteiger partial charge in [0.1, 0.15) is 5.75 Å². The van der Waals surface area contributed by atoms with Crippen molar-refractivity contribution in [2.75, 3.05) is 13.7 Å². The lowest BCUT2D eigenvalue weighted by Crippen LogP contribution is -2.26. The molecule has 0 bridgehead atoms. The van der Waals surface area contributed by atoms with E-state index in [1.165, 1.54) is 31.4 Å². The van der Waals surface area contributed by atoms with Crippen LogP contribution in [0.15, 0.2) is 29.2 Å². The molecule has 0 saturated heterocycles. The highest BCUT2D eigenvalue weighted by Gasteiger charge is 2.23. The minimum Gasteiger partial charge on any atom is -0.497 e. The van der Waals surface area contributed by atoms with E-state index in [2.05, 4.69) is 4.72 Å². The van der Waals surface area contributed by atoms with Gasteiger partial charge >= 0.3 is 10.2 Å². The van der Waals surface area contributed by atoms with E-state index in [0.717, 1.165) is 0 Å². The van der Waals surface area contributed by atoms with Gasteiger partial charge in [0.2, 0.25) is 10.0 Å². The summed E-state index contributed by atoms with van der Waals surface area (Å²) >= 11 is 0. The number of sulfonamides is 1. The highest BCUT2D eigenvalue weighted by Crippen LogP contribution is 2.17. The lowest BCUT2D eigenvalue weighted by atomic mass is 10.1. The monoisotopic (exact) mass is 367 g/mol. The summed E-state index contributed by atoms with van der Waals surface area (Å²) in [4.78, 5) is 0.0847. The molecule has 0 aliphatic rings. The molecule has 23 heavy (non-hydrogen) atoms. The normalized spacial score (nSPS) is 13.7. The number of hydrogen-bond acceptors (Lipinski definition) is 5. The van der Waals surface area contributed by atoms with E-state index < -0.39 is 25.5 Å². The zero-order valence-electron chi connectivity index (χ0n) is 13.2. The van der Waals surface area contributed by atoms with Gasteiger partial charge in [0.25, 0.3) is 0 Å². The smallest absolute Gasteiger partial charge is 0.305 e. The number of benzene rings is 1. The fourth-order valence-corrected chi connectivity index (χ4v) is 4.16. The predicted molar refractivity (Wildman–Crippen MR) is 86.1 cm³/mol. The fourth-order valence-electron chi connectivity index (χ4n) is 2.12. The summed E-state index contributed by atoms with van der Waals surface area (Å²) in [6.45, 7) is 1.81. The summed E-state index contributed by atoms with van der Waals surface area (Å²) < 4.78 is 66.5. The number of rotatable bonds is 10. The Morgan fingerprint density at radius 3 is 2.22 bits per heavy atom. The van der Waals surface area contributed by atoms with E-state index in [-0.39, 0.29) is 30.7 Å². The van der Waals surface area contributed by atoms with Crippen LogP contribution in [0.1, 0.15) is 32.6 Å². The number of methoxy groups -OCH3 is 1. The van der Waals surface area contributed by atoms with Gasteiger partial charge in [-0.1, -0.05) is 13.3 Å². The van der Waals surface area contributed by atoms with Gasteiger partial charge < -0.3 is 4.74 Å². The average molecular weight is 367 g/mol. The summed E-state index contributed by atoms with van der Waals surface area (Å²) in [6.07, 6.45) is 1.09. The molecule has 0 radical (unpaired) electrons. The van der Waals surface area contributed by atoms with Crippen LogP contribution in [0.5, 0.6) is 5.75 Å². The molecule has 1 rings (SSSR count). The Labute approximate surface area is 137 Å². The van der Waals surface area contributed by atoms with Crippen LogP contribution in [0.25, 0.3) is 0 Å². The SMILES string of the molecule is CCCC(CCCNS(=O)(=O)c1ccc(OC)cc1)S(=O)(=O)F. The molecule has 0 heterocycles. The van der Waals surface area contributed by atoms with Gasteiger partial charge in [-0.05, 0) is 43.5 Å². The van der Waals surface area contributed by atoms with Gasteiger partial charge in [-0.2, -0.15) is 8.42 Å². The Morgan fingerprint density at radius 2 is 1.74 bits per heavy atom. The molecular formula is C14H22FNO5S2. The van der Waals surface area contributed by atoms with Crippen molar-refractivity contribution in [3.63, 3.8) is 0 Å². The van der Waals surface area contributed by atoms with Gasteiger partial charge in [-0.3, -0.25) is 0 Å². The Hall–Kier alpha value is -1.19. The van der Waals surface area contributed by atoms with Crippen LogP contribution in [0.3, 0.4) is 0 Å². The summed E-state index contributed by atoms with van der Waals surface area (Å²) in [6, 6.07) is 5.88. The molecule has 1 unspecified atom stereocenters. The molecular weight excluding hydrogens is 345 g/mol. The van der Waals surface area contributed by atoms with Crippen molar-refractivity contribution in [1.29, 1.82) is 0 Å². The molecule has 9 heteroatoms. The summed E-state index contributed by atoms with van der Waals surface area (Å²) in [5, 5.41) is -1.07. The highest BCUT2D eigenvalue weighted by molar-refractivity contribution is 7.89. The zero-order chi connectivity index (χ0) is 17.5. The molecule has 0 aromatic heterocycles. The van der Waals surface area contributed by atoms with Gasteiger partial charge in [0.05, 0.1) is 17.3 Å². The van der Waals surface area contributed by atoms with Crippen molar-refractivity contribution in [1.82, 2.24) is 4.72 Å². The Kier molecular flexibility index (Phi) is 7.43. The maximum absolute atomic E-state index is 13.1. The Bertz CT molecular complexity index is 686. The molecule has 0 spiro atoms. The molecule has 6 nitrogen and oxygen atoms in total. The molecule has 1 atom stereocenters. The molecule has 0 fully saturated rings. The second-order valence-corrected chi connectivity index (χ2v) is 8.49. The van der Waals surface area contributed by atoms with E-state index in [1.54, 1.807) is 6.92 Å². The topological polar surface area (TPSA) is 89.5 Å². The van der Waals surface area contributed by atoms with Gasteiger partial charge in [0.15, 0.2) is 0 Å². The van der Waals surface area contributed by atoms with Crippen molar-refractivity contribution < 1.29 is 25.5 Å².